The first kappa shape index (κ1) is 16.0. The van der Waals surface area contributed by atoms with Crippen LogP contribution in [0.25, 0.3) is 10.9 Å². The number of fused-ring (bicyclic) bond motifs is 1. The summed E-state index contributed by atoms with van der Waals surface area (Å²) < 4.78 is 0. The van der Waals surface area contributed by atoms with Gasteiger partial charge in [0.05, 0.1) is 17.8 Å². The monoisotopic (exact) mass is 334 g/mol. The van der Waals surface area contributed by atoms with Gasteiger partial charge >= 0.3 is 6.03 Å². The maximum Gasteiger partial charge on any atom is 0.341 e. The number of aromatic amines is 1. The fourth-order valence-corrected chi connectivity index (χ4v) is 3.03. The Morgan fingerprint density at radius 3 is 2.91 bits per heavy atom. The largest absolute Gasteiger partial charge is 0.366 e. The number of para-hydroxylation sites is 1. The van der Waals surface area contributed by atoms with Gasteiger partial charge in [0.25, 0.3) is 0 Å². The molecule has 0 saturated carbocycles. The lowest BCUT2D eigenvalue weighted by Crippen LogP contribution is -2.52. The van der Waals surface area contributed by atoms with E-state index in [1.165, 1.54) is 11.1 Å². The van der Waals surface area contributed by atoms with Gasteiger partial charge in [-0.15, -0.1) is 0 Å². The smallest absolute Gasteiger partial charge is 0.341 e. The molecule has 1 aliphatic heterocycles. The van der Waals surface area contributed by atoms with Crippen molar-refractivity contribution in [2.45, 2.75) is 0 Å². The van der Waals surface area contributed by atoms with E-state index in [1.54, 1.807) is 16.7 Å². The number of thioether (sulfide) groups is 1. The van der Waals surface area contributed by atoms with Crippen molar-refractivity contribution in [1.29, 1.82) is 0 Å². The number of carbonyl (C=O) groups excluding carboxylic acids is 1. The van der Waals surface area contributed by atoms with Crippen LogP contribution in [0.4, 0.5) is 10.5 Å². The van der Waals surface area contributed by atoms with Crippen LogP contribution in [0, 0.1) is 0 Å². The second kappa shape index (κ2) is 7.61. The normalized spacial score (nSPS) is 15.2. The number of urea groups is 1. The summed E-state index contributed by atoms with van der Waals surface area (Å²) in [6, 6.07) is 8.23. The van der Waals surface area contributed by atoms with Gasteiger partial charge in [-0.3, -0.25) is 4.84 Å². The number of nitrogens with one attached hydrogen (secondary N) is 2. The van der Waals surface area contributed by atoms with Crippen molar-refractivity contribution in [3.8, 4) is 0 Å². The fourth-order valence-electron chi connectivity index (χ4n) is 2.78. The van der Waals surface area contributed by atoms with Crippen LogP contribution in [0.2, 0.25) is 0 Å². The van der Waals surface area contributed by atoms with E-state index in [4.69, 9.17) is 4.84 Å². The van der Waals surface area contributed by atoms with Crippen molar-refractivity contribution in [2.24, 2.45) is 0 Å². The second-order valence-electron chi connectivity index (χ2n) is 5.44. The van der Waals surface area contributed by atoms with Gasteiger partial charge in [0, 0.05) is 43.5 Å². The summed E-state index contributed by atoms with van der Waals surface area (Å²) in [4.78, 5) is 24.6. The Hall–Kier alpha value is -1.86. The number of hydrogen-bond donors (Lipinski definition) is 2. The highest BCUT2D eigenvalue weighted by atomic mass is 32.2. The van der Waals surface area contributed by atoms with Gasteiger partial charge in [-0.05, 0) is 18.4 Å². The molecule has 0 bridgehead atoms. The Labute approximate surface area is 140 Å². The third kappa shape index (κ3) is 3.73. The van der Waals surface area contributed by atoms with Crippen molar-refractivity contribution >= 4 is 34.4 Å². The molecule has 6 nitrogen and oxygen atoms in total. The van der Waals surface area contributed by atoms with Gasteiger partial charge in [-0.1, -0.05) is 12.1 Å². The van der Waals surface area contributed by atoms with E-state index in [-0.39, 0.29) is 6.03 Å². The first-order valence-electron chi connectivity index (χ1n) is 7.76. The zero-order valence-electron chi connectivity index (χ0n) is 13.2. The lowest BCUT2D eigenvalue weighted by molar-refractivity contribution is 0.0566. The minimum absolute atomic E-state index is 0.149. The Kier molecular flexibility index (Phi) is 5.30. The number of benzene rings is 1. The van der Waals surface area contributed by atoms with Crippen molar-refractivity contribution in [2.75, 3.05) is 49.7 Å². The van der Waals surface area contributed by atoms with Crippen LogP contribution >= 0.6 is 11.8 Å². The van der Waals surface area contributed by atoms with Crippen LogP contribution in [0.15, 0.2) is 30.5 Å². The van der Waals surface area contributed by atoms with E-state index in [1.807, 2.05) is 12.5 Å². The summed E-state index contributed by atoms with van der Waals surface area (Å²) in [7, 11) is 0. The molecule has 7 heteroatoms. The van der Waals surface area contributed by atoms with Crippen LogP contribution in [-0.2, 0) is 4.84 Å². The molecule has 1 saturated heterocycles. The third-order valence-corrected chi connectivity index (χ3v) is 4.60. The molecule has 0 aliphatic carbocycles. The maximum absolute atomic E-state index is 12.0. The van der Waals surface area contributed by atoms with Crippen molar-refractivity contribution in [1.82, 2.24) is 15.4 Å². The van der Waals surface area contributed by atoms with Gasteiger partial charge in [-0.2, -0.15) is 11.8 Å². The minimum atomic E-state index is -0.149. The summed E-state index contributed by atoms with van der Waals surface area (Å²) in [5.41, 5.74) is 4.87. The van der Waals surface area contributed by atoms with Gasteiger partial charge < -0.3 is 14.8 Å². The van der Waals surface area contributed by atoms with Gasteiger partial charge in [0.15, 0.2) is 0 Å². The standard InChI is InChI=1S/C16H22N4O2S/c1-23-12-11-22-18-16(21)20-9-7-19(8-10-20)14-4-2-3-13-5-6-17-15(13)14/h2-6,17H,7-12H2,1H3,(H,18,21). The number of aromatic nitrogens is 1. The summed E-state index contributed by atoms with van der Waals surface area (Å²) in [5, 5.41) is 1.21. The summed E-state index contributed by atoms with van der Waals surface area (Å²) in [5.74, 6) is 0.869. The van der Waals surface area contributed by atoms with Gasteiger partial charge in [-0.25, -0.2) is 10.3 Å². The van der Waals surface area contributed by atoms with Crippen LogP contribution in [0.3, 0.4) is 0 Å². The van der Waals surface area contributed by atoms with Crippen LogP contribution in [0.1, 0.15) is 0 Å². The van der Waals surface area contributed by atoms with Crippen molar-refractivity contribution in [3.05, 3.63) is 30.5 Å². The molecule has 1 aromatic heterocycles. The van der Waals surface area contributed by atoms with E-state index in [0.717, 1.165) is 24.4 Å². The molecule has 1 aromatic carbocycles. The molecule has 2 amide bonds. The number of hydroxylamine groups is 1. The second-order valence-corrected chi connectivity index (χ2v) is 6.43. The van der Waals surface area contributed by atoms with Crippen molar-refractivity contribution < 1.29 is 9.63 Å². The van der Waals surface area contributed by atoms with Crippen LogP contribution in [-0.4, -0.2) is 60.7 Å². The molecular formula is C16H22N4O2S. The summed E-state index contributed by atoms with van der Waals surface area (Å²) in [6.07, 6.45) is 3.97. The molecular weight excluding hydrogens is 312 g/mol. The lowest BCUT2D eigenvalue weighted by atomic mass is 10.2. The molecule has 0 atom stereocenters. The summed E-state index contributed by atoms with van der Waals surface area (Å²) in [6.45, 7) is 3.54. The molecule has 23 heavy (non-hydrogen) atoms. The van der Waals surface area contributed by atoms with Crippen LogP contribution in [0.5, 0.6) is 0 Å². The average Bonchev–Trinajstić information content (AvgIpc) is 3.07. The van der Waals surface area contributed by atoms with E-state index in [9.17, 15) is 4.79 Å². The summed E-state index contributed by atoms with van der Waals surface area (Å²) >= 11 is 1.69. The number of rotatable bonds is 5. The van der Waals surface area contributed by atoms with Crippen LogP contribution < -0.4 is 10.4 Å². The number of anilines is 1. The number of piperazine rings is 1. The fraction of sp³-hybridized carbons (Fsp3) is 0.438. The topological polar surface area (TPSA) is 60.6 Å². The molecule has 0 radical (unpaired) electrons. The quantitative estimate of drug-likeness (QED) is 0.651. The number of nitrogens with zero attached hydrogens (tertiary/aromatic N) is 2. The predicted molar refractivity (Wildman–Crippen MR) is 95.0 cm³/mol. The highest BCUT2D eigenvalue weighted by Gasteiger charge is 2.22. The third-order valence-electron chi connectivity index (χ3n) is 4.02. The molecule has 124 valence electrons. The molecule has 1 fully saturated rings. The molecule has 1 aliphatic rings. The number of amides is 2. The molecule has 2 N–H and O–H groups in total. The first-order valence-corrected chi connectivity index (χ1v) is 9.15. The zero-order chi connectivity index (χ0) is 16.1. The van der Waals surface area contributed by atoms with E-state index >= 15 is 0 Å². The number of hydrogen-bond acceptors (Lipinski definition) is 4. The van der Waals surface area contributed by atoms with E-state index in [0.29, 0.717) is 19.7 Å². The number of carbonyl (C=O) groups is 1. The Bertz CT molecular complexity index is 652. The molecule has 2 heterocycles. The SMILES string of the molecule is CSCCONC(=O)N1CCN(c2cccc3cc[nH]c23)CC1. The zero-order valence-corrected chi connectivity index (χ0v) is 14.1. The van der Waals surface area contributed by atoms with E-state index < -0.39 is 0 Å². The van der Waals surface area contributed by atoms with Gasteiger partial charge in [0.1, 0.15) is 0 Å². The Morgan fingerprint density at radius 1 is 1.30 bits per heavy atom. The van der Waals surface area contributed by atoms with Gasteiger partial charge in [0.2, 0.25) is 0 Å². The first-order chi connectivity index (χ1) is 11.3. The Balaban J connectivity index is 1.54. The maximum atomic E-state index is 12.0. The average molecular weight is 334 g/mol. The number of H-pyrrole nitrogens is 1. The van der Waals surface area contributed by atoms with E-state index in [2.05, 4.69) is 39.6 Å². The highest BCUT2D eigenvalue weighted by molar-refractivity contribution is 7.98. The predicted octanol–water partition coefficient (Wildman–Crippen LogP) is 2.29. The van der Waals surface area contributed by atoms with Crippen molar-refractivity contribution in [3.63, 3.8) is 0 Å². The molecule has 0 spiro atoms. The molecule has 3 rings (SSSR count). The molecule has 0 unspecified atom stereocenters. The Morgan fingerprint density at radius 2 is 2.13 bits per heavy atom. The highest BCUT2D eigenvalue weighted by Crippen LogP contribution is 2.26. The minimum Gasteiger partial charge on any atom is -0.366 e. The molecule has 2 aromatic rings. The lowest BCUT2D eigenvalue weighted by Gasteiger charge is -2.36.